The zero-order valence-corrected chi connectivity index (χ0v) is 24.1. The second-order valence-corrected chi connectivity index (χ2v) is 11.2. The van der Waals surface area contributed by atoms with Gasteiger partial charge in [0.05, 0.1) is 36.2 Å². The zero-order chi connectivity index (χ0) is 29.4. The Morgan fingerprint density at radius 1 is 1.00 bits per heavy atom. The molecular weight excluding hydrogens is 530 g/mol. The highest BCUT2D eigenvalue weighted by Gasteiger charge is 2.31. The summed E-state index contributed by atoms with van der Waals surface area (Å²) in [7, 11) is 3.45. The van der Waals surface area contributed by atoms with Gasteiger partial charge in [-0.15, -0.1) is 0 Å². The maximum absolute atomic E-state index is 13.3. The first-order chi connectivity index (χ1) is 20.3. The Bertz CT molecular complexity index is 1670. The summed E-state index contributed by atoms with van der Waals surface area (Å²) in [5, 5.41) is 11.8. The van der Waals surface area contributed by atoms with Gasteiger partial charge in [0, 0.05) is 60.8 Å². The van der Waals surface area contributed by atoms with Crippen molar-refractivity contribution in [2.24, 2.45) is 4.99 Å². The SMILES string of the molecule is COC(=O)c1ccc2c(C(=Nc3ccc4c(c3)C(C)CN4C(=O)CN3CCN(C)CC3)c3ccccc3)c(O)[nH]c2c1. The Hall–Kier alpha value is -4.47. The van der Waals surface area contributed by atoms with Crippen LogP contribution in [0.25, 0.3) is 10.9 Å². The average molecular weight is 566 g/mol. The lowest BCUT2D eigenvalue weighted by Gasteiger charge is -2.32. The van der Waals surface area contributed by atoms with Crippen molar-refractivity contribution < 1.29 is 19.4 Å². The Morgan fingerprint density at radius 3 is 2.50 bits per heavy atom. The van der Waals surface area contributed by atoms with Gasteiger partial charge in [-0.05, 0) is 42.9 Å². The minimum Gasteiger partial charge on any atom is -0.494 e. The number of methoxy groups -OCH3 is 1. The summed E-state index contributed by atoms with van der Waals surface area (Å²) in [4.78, 5) is 39.9. The summed E-state index contributed by atoms with van der Waals surface area (Å²) >= 11 is 0. The van der Waals surface area contributed by atoms with Crippen molar-refractivity contribution in [3.63, 3.8) is 0 Å². The number of fused-ring (bicyclic) bond motifs is 2. The van der Waals surface area contributed by atoms with Crippen LogP contribution in [0.2, 0.25) is 0 Å². The Labute approximate surface area is 245 Å². The van der Waals surface area contributed by atoms with E-state index in [1.165, 1.54) is 7.11 Å². The van der Waals surface area contributed by atoms with Gasteiger partial charge in [-0.1, -0.05) is 43.3 Å². The number of aromatic hydroxyl groups is 1. The number of nitrogens with zero attached hydrogens (tertiary/aromatic N) is 4. The van der Waals surface area contributed by atoms with Gasteiger partial charge in [-0.3, -0.25) is 9.69 Å². The molecule has 42 heavy (non-hydrogen) atoms. The molecule has 0 spiro atoms. The lowest BCUT2D eigenvalue weighted by molar-refractivity contribution is -0.120. The number of carbonyl (C=O) groups excluding carboxylic acids is 2. The fourth-order valence-corrected chi connectivity index (χ4v) is 5.90. The predicted octanol–water partition coefficient (Wildman–Crippen LogP) is 4.53. The fourth-order valence-electron chi connectivity index (χ4n) is 5.90. The third kappa shape index (κ3) is 5.29. The van der Waals surface area contributed by atoms with E-state index in [-0.39, 0.29) is 17.7 Å². The first kappa shape index (κ1) is 27.7. The minimum atomic E-state index is -0.451. The number of rotatable bonds is 6. The van der Waals surface area contributed by atoms with E-state index >= 15 is 0 Å². The first-order valence-electron chi connectivity index (χ1n) is 14.2. The number of ether oxygens (including phenoxy) is 1. The molecule has 1 unspecified atom stereocenters. The van der Waals surface area contributed by atoms with Gasteiger partial charge in [0.25, 0.3) is 0 Å². The van der Waals surface area contributed by atoms with Crippen molar-refractivity contribution in [3.05, 3.63) is 89.0 Å². The molecule has 4 aromatic rings. The molecule has 2 aliphatic heterocycles. The van der Waals surface area contributed by atoms with Gasteiger partial charge in [0.1, 0.15) is 0 Å². The summed E-state index contributed by atoms with van der Waals surface area (Å²) < 4.78 is 4.86. The number of piperazine rings is 1. The van der Waals surface area contributed by atoms with Crippen LogP contribution in [-0.2, 0) is 9.53 Å². The van der Waals surface area contributed by atoms with Crippen LogP contribution in [0.3, 0.4) is 0 Å². The molecule has 1 aromatic heterocycles. The fraction of sp³-hybridized carbons (Fsp3) is 0.303. The van der Waals surface area contributed by atoms with Gasteiger partial charge in [-0.2, -0.15) is 0 Å². The molecule has 2 N–H and O–H groups in total. The normalized spacial score (nSPS) is 17.9. The number of likely N-dealkylation sites (N-methyl/N-ethyl adjacent to an activating group) is 1. The first-order valence-corrected chi connectivity index (χ1v) is 14.2. The highest BCUT2D eigenvalue weighted by molar-refractivity contribution is 6.22. The summed E-state index contributed by atoms with van der Waals surface area (Å²) in [5.41, 5.74) is 5.72. The molecule has 0 saturated carbocycles. The second kappa shape index (κ2) is 11.4. The van der Waals surface area contributed by atoms with Gasteiger partial charge in [-0.25, -0.2) is 9.79 Å². The number of aromatic nitrogens is 1. The molecule has 1 atom stereocenters. The molecule has 1 saturated heterocycles. The van der Waals surface area contributed by atoms with E-state index in [1.807, 2.05) is 53.4 Å². The number of aromatic amines is 1. The number of esters is 1. The summed E-state index contributed by atoms with van der Waals surface area (Å²) in [6, 6.07) is 20.8. The van der Waals surface area contributed by atoms with Crippen LogP contribution in [0.5, 0.6) is 5.88 Å². The predicted molar refractivity (Wildman–Crippen MR) is 164 cm³/mol. The van der Waals surface area contributed by atoms with Crippen LogP contribution in [-0.4, -0.2) is 90.9 Å². The lowest BCUT2D eigenvalue weighted by Crippen LogP contribution is -2.48. The van der Waals surface area contributed by atoms with Gasteiger partial charge < -0.3 is 24.6 Å². The summed E-state index contributed by atoms with van der Waals surface area (Å²) in [5.74, 6) is -0.191. The number of carbonyl (C=O) groups is 2. The molecule has 0 bridgehead atoms. The van der Waals surface area contributed by atoms with Crippen molar-refractivity contribution in [1.29, 1.82) is 0 Å². The summed E-state index contributed by atoms with van der Waals surface area (Å²) in [6.45, 7) is 6.96. The molecule has 9 heteroatoms. The largest absolute Gasteiger partial charge is 0.494 e. The number of anilines is 1. The Balaban J connectivity index is 1.36. The van der Waals surface area contributed by atoms with Crippen molar-refractivity contribution in [2.75, 3.05) is 58.3 Å². The molecule has 1 amide bonds. The smallest absolute Gasteiger partial charge is 0.337 e. The lowest BCUT2D eigenvalue weighted by atomic mass is 9.99. The van der Waals surface area contributed by atoms with Gasteiger partial charge in [0.15, 0.2) is 5.88 Å². The molecule has 2 aliphatic rings. The van der Waals surface area contributed by atoms with E-state index in [2.05, 4.69) is 28.8 Å². The molecule has 3 heterocycles. The number of hydrogen-bond donors (Lipinski definition) is 2. The van der Waals surface area contributed by atoms with Crippen LogP contribution < -0.4 is 4.90 Å². The average Bonchev–Trinajstić information content (AvgIpc) is 3.52. The van der Waals surface area contributed by atoms with Crippen LogP contribution in [0.15, 0.2) is 71.7 Å². The topological polar surface area (TPSA) is 101 Å². The third-order valence-electron chi connectivity index (χ3n) is 8.27. The molecule has 1 fully saturated rings. The quantitative estimate of drug-likeness (QED) is 0.263. The molecule has 0 radical (unpaired) electrons. The highest BCUT2D eigenvalue weighted by atomic mass is 16.5. The van der Waals surface area contributed by atoms with Crippen LogP contribution >= 0.6 is 0 Å². The molecular formula is C33H35N5O4. The highest BCUT2D eigenvalue weighted by Crippen LogP contribution is 2.39. The van der Waals surface area contributed by atoms with Crippen LogP contribution in [0.4, 0.5) is 11.4 Å². The van der Waals surface area contributed by atoms with E-state index in [9.17, 15) is 14.7 Å². The molecule has 216 valence electrons. The van der Waals surface area contributed by atoms with Crippen LogP contribution in [0, 0.1) is 0 Å². The Kier molecular flexibility index (Phi) is 7.53. The standard InChI is InChI=1S/C33H35N5O4/c1-21-19-38(29(39)20-37-15-13-36(2)14-16-37)28-12-10-24(18-26(21)28)34-31(22-7-5-4-6-8-22)30-25-11-9-23(33(41)42-3)17-27(25)35-32(30)40/h4-12,17-18,21,35,40H,13-16,19-20H2,1-3H3. The molecule has 9 nitrogen and oxygen atoms in total. The summed E-state index contributed by atoms with van der Waals surface area (Å²) in [6.07, 6.45) is 0. The van der Waals surface area contributed by atoms with Crippen molar-refractivity contribution in [2.45, 2.75) is 12.8 Å². The zero-order valence-electron chi connectivity index (χ0n) is 24.1. The van der Waals surface area contributed by atoms with Gasteiger partial charge >= 0.3 is 5.97 Å². The van der Waals surface area contributed by atoms with Crippen molar-refractivity contribution >= 4 is 39.9 Å². The van der Waals surface area contributed by atoms with E-state index in [4.69, 9.17) is 9.73 Å². The van der Waals surface area contributed by atoms with E-state index in [0.29, 0.717) is 35.4 Å². The number of amides is 1. The van der Waals surface area contributed by atoms with E-state index in [1.54, 1.807) is 18.2 Å². The van der Waals surface area contributed by atoms with Crippen molar-refractivity contribution in [1.82, 2.24) is 14.8 Å². The van der Waals surface area contributed by atoms with E-state index in [0.717, 1.165) is 54.1 Å². The Morgan fingerprint density at radius 2 is 1.76 bits per heavy atom. The molecule has 3 aromatic carbocycles. The second-order valence-electron chi connectivity index (χ2n) is 11.2. The van der Waals surface area contributed by atoms with Crippen LogP contribution in [0.1, 0.15) is 39.9 Å². The third-order valence-corrected chi connectivity index (χ3v) is 8.27. The van der Waals surface area contributed by atoms with E-state index < -0.39 is 5.97 Å². The number of hydrogen-bond acceptors (Lipinski definition) is 7. The number of benzene rings is 3. The molecule has 6 rings (SSSR count). The number of aliphatic imine (C=N–C) groups is 1. The van der Waals surface area contributed by atoms with Crippen molar-refractivity contribution in [3.8, 4) is 5.88 Å². The maximum Gasteiger partial charge on any atom is 0.337 e. The number of H-pyrrole nitrogens is 1. The maximum atomic E-state index is 13.3. The monoisotopic (exact) mass is 565 g/mol. The molecule has 0 aliphatic carbocycles. The number of nitrogens with one attached hydrogen (secondary N) is 1. The van der Waals surface area contributed by atoms with Gasteiger partial charge in [0.2, 0.25) is 5.91 Å². The minimum absolute atomic E-state index is 0.0372.